The molecule has 0 aromatic heterocycles. The van der Waals surface area contributed by atoms with Crippen molar-refractivity contribution in [2.24, 2.45) is 0 Å². The maximum atomic E-state index is 3.56. The Labute approximate surface area is 104 Å². The minimum absolute atomic E-state index is 1.17. The Morgan fingerprint density at radius 3 is 0.625 bits per heavy atom. The molecule has 1 aliphatic carbocycles. The zero-order valence-electron chi connectivity index (χ0n) is 12.1. The third-order valence-corrected chi connectivity index (χ3v) is 2.00. The molecule has 0 spiro atoms. The van der Waals surface area contributed by atoms with E-state index in [0.717, 1.165) is 0 Å². The highest BCUT2D eigenvalue weighted by atomic mass is 14.0. The van der Waals surface area contributed by atoms with Crippen molar-refractivity contribution in [3.63, 3.8) is 0 Å². The van der Waals surface area contributed by atoms with Gasteiger partial charge in [0.15, 0.2) is 0 Å². The molecule has 16 heavy (non-hydrogen) atoms. The van der Waals surface area contributed by atoms with E-state index in [4.69, 9.17) is 0 Å². The van der Waals surface area contributed by atoms with Crippen molar-refractivity contribution in [3.8, 4) is 0 Å². The molecule has 0 unspecified atom stereocenters. The summed E-state index contributed by atoms with van der Waals surface area (Å²) in [5.41, 5.74) is 2.33. The van der Waals surface area contributed by atoms with Crippen molar-refractivity contribution < 1.29 is 0 Å². The van der Waals surface area contributed by atoms with Crippen LogP contribution in [-0.2, 0) is 0 Å². The van der Waals surface area contributed by atoms with Gasteiger partial charge in [-0.05, 0) is 27.7 Å². The summed E-state index contributed by atoms with van der Waals surface area (Å²) in [5, 5.41) is 0. The monoisotopic (exact) mass is 224 g/mol. The molecule has 0 nitrogen and oxygen atoms in total. The molecule has 0 heterocycles. The summed E-state index contributed by atoms with van der Waals surface area (Å²) in [5.74, 6) is 0. The normalized spacial score (nSPS) is 15.2. The fraction of sp³-hybridized carbons (Fsp3) is 0.750. The first kappa shape index (κ1) is 17.9. The fourth-order valence-electron chi connectivity index (χ4n) is 1.41. The van der Waals surface area contributed by atoms with E-state index in [-0.39, 0.29) is 0 Å². The summed E-state index contributed by atoms with van der Waals surface area (Å²) in [6.45, 7) is 15.0. The molecule has 96 valence electrons. The average molecular weight is 224 g/mol. The van der Waals surface area contributed by atoms with Crippen LogP contribution in [0.3, 0.4) is 0 Å². The minimum atomic E-state index is 1.17. The lowest BCUT2D eigenvalue weighted by molar-refractivity contribution is 0.504. The highest BCUT2D eigenvalue weighted by Gasteiger charge is 1.95. The van der Waals surface area contributed by atoms with Crippen molar-refractivity contribution in [2.45, 2.75) is 79.1 Å². The summed E-state index contributed by atoms with van der Waals surface area (Å²) in [7, 11) is 0. The molecular weight excluding hydrogens is 192 g/mol. The third-order valence-electron chi connectivity index (χ3n) is 2.00. The molecule has 0 saturated heterocycles. The van der Waals surface area contributed by atoms with Gasteiger partial charge in [0.2, 0.25) is 0 Å². The van der Waals surface area contributed by atoms with Gasteiger partial charge in [-0.25, -0.2) is 0 Å². The van der Waals surface area contributed by atoms with Gasteiger partial charge in [-0.3, -0.25) is 0 Å². The molecule has 0 aromatic carbocycles. The van der Waals surface area contributed by atoms with Gasteiger partial charge in [0.25, 0.3) is 0 Å². The van der Waals surface area contributed by atoms with Crippen LogP contribution in [0.4, 0.5) is 0 Å². The number of rotatable bonds is 0. The largest absolute Gasteiger partial charge is 0.100 e. The number of hydrogen-bond donors (Lipinski definition) is 0. The molecule has 0 heteroatoms. The highest BCUT2D eigenvalue weighted by molar-refractivity contribution is 4.79. The first-order valence-corrected chi connectivity index (χ1v) is 6.71. The van der Waals surface area contributed by atoms with Gasteiger partial charge in [-0.15, -0.1) is 13.2 Å². The Balaban J connectivity index is 0. The molecule has 0 N–H and O–H groups in total. The van der Waals surface area contributed by atoms with Crippen LogP contribution >= 0.6 is 0 Å². The Bertz CT molecular complexity index is 121. The highest BCUT2D eigenvalue weighted by Crippen LogP contribution is 2.15. The van der Waals surface area contributed by atoms with Gasteiger partial charge in [0.1, 0.15) is 0 Å². The van der Waals surface area contributed by atoms with E-state index in [1.807, 2.05) is 27.7 Å². The van der Waals surface area contributed by atoms with Crippen molar-refractivity contribution >= 4 is 0 Å². The topological polar surface area (TPSA) is 0 Å². The molecular formula is C16H32. The predicted molar refractivity (Wildman–Crippen MR) is 77.9 cm³/mol. The van der Waals surface area contributed by atoms with Crippen LogP contribution in [0.25, 0.3) is 0 Å². The van der Waals surface area contributed by atoms with Gasteiger partial charge < -0.3 is 0 Å². The van der Waals surface area contributed by atoms with E-state index in [1.165, 1.54) is 62.5 Å². The van der Waals surface area contributed by atoms with Gasteiger partial charge in [-0.1, -0.05) is 62.5 Å². The first-order valence-electron chi connectivity index (χ1n) is 6.71. The molecule has 0 radical (unpaired) electrons. The predicted octanol–water partition coefficient (Wildman–Crippen LogP) is 6.29. The van der Waals surface area contributed by atoms with Gasteiger partial charge in [-0.2, -0.15) is 0 Å². The second kappa shape index (κ2) is 14.5. The Morgan fingerprint density at radius 1 is 0.500 bits per heavy atom. The third kappa shape index (κ3) is 37.5. The molecule has 0 amide bonds. The summed E-state index contributed by atoms with van der Waals surface area (Å²) in [6.07, 6.45) is 12.0. The lowest BCUT2D eigenvalue weighted by Crippen LogP contribution is -1.85. The second-order valence-electron chi connectivity index (χ2n) is 5.24. The van der Waals surface area contributed by atoms with Crippen LogP contribution in [0.1, 0.15) is 79.1 Å². The minimum Gasteiger partial charge on any atom is -0.100 e. The van der Waals surface area contributed by atoms with Crippen molar-refractivity contribution in [1.29, 1.82) is 0 Å². The van der Waals surface area contributed by atoms with Crippen LogP contribution in [0, 0.1) is 0 Å². The Morgan fingerprint density at radius 2 is 0.562 bits per heavy atom. The van der Waals surface area contributed by atoms with E-state index < -0.39 is 0 Å². The van der Waals surface area contributed by atoms with Crippen LogP contribution in [0.2, 0.25) is 0 Å². The van der Waals surface area contributed by atoms with Crippen molar-refractivity contribution in [3.05, 3.63) is 24.3 Å². The van der Waals surface area contributed by atoms with E-state index in [1.54, 1.807) is 0 Å². The molecule has 0 aliphatic heterocycles. The molecule has 0 atom stereocenters. The quantitative estimate of drug-likeness (QED) is 0.424. The number of allylic oxidation sites excluding steroid dienone is 2. The van der Waals surface area contributed by atoms with Crippen LogP contribution in [-0.4, -0.2) is 0 Å². The molecule has 0 bridgehead atoms. The summed E-state index contributed by atoms with van der Waals surface area (Å²) in [4.78, 5) is 0. The van der Waals surface area contributed by atoms with Gasteiger partial charge in [0.05, 0.1) is 0 Å². The summed E-state index contributed by atoms with van der Waals surface area (Å²) >= 11 is 0. The fourth-order valence-corrected chi connectivity index (χ4v) is 1.41. The molecule has 1 rings (SSSR count). The summed E-state index contributed by atoms with van der Waals surface area (Å²) < 4.78 is 0. The maximum absolute atomic E-state index is 3.56. The molecule has 1 aliphatic rings. The average Bonchev–Trinajstić information content (AvgIpc) is 1.98. The lowest BCUT2D eigenvalue weighted by atomic mass is 10.0. The van der Waals surface area contributed by atoms with E-state index >= 15 is 0 Å². The summed E-state index contributed by atoms with van der Waals surface area (Å²) in [6, 6.07) is 0. The first-order chi connectivity index (χ1) is 7.46. The number of hydrogen-bond acceptors (Lipinski definition) is 0. The molecule has 1 saturated carbocycles. The van der Waals surface area contributed by atoms with Crippen LogP contribution < -0.4 is 0 Å². The zero-order valence-corrected chi connectivity index (χ0v) is 12.1. The van der Waals surface area contributed by atoms with Crippen LogP contribution in [0.15, 0.2) is 24.3 Å². The van der Waals surface area contributed by atoms with Crippen LogP contribution in [0.5, 0.6) is 0 Å². The van der Waals surface area contributed by atoms with Gasteiger partial charge >= 0.3 is 0 Å². The Kier molecular flexibility index (Phi) is 16.2. The molecule has 1 fully saturated rings. The second-order valence-corrected chi connectivity index (χ2v) is 5.24. The lowest BCUT2D eigenvalue weighted by Gasteiger charge is -2.05. The zero-order chi connectivity index (χ0) is 12.8. The van der Waals surface area contributed by atoms with Crippen molar-refractivity contribution in [2.75, 3.05) is 0 Å². The van der Waals surface area contributed by atoms with E-state index in [2.05, 4.69) is 13.2 Å². The van der Waals surface area contributed by atoms with Crippen molar-refractivity contribution in [1.82, 2.24) is 0 Å². The van der Waals surface area contributed by atoms with Gasteiger partial charge in [0, 0.05) is 0 Å². The van der Waals surface area contributed by atoms with E-state index in [9.17, 15) is 0 Å². The SMILES string of the molecule is C1CCCCCCC1.C=C(C)C.C=C(C)C. The Hall–Kier alpha value is -0.520. The van der Waals surface area contributed by atoms with E-state index in [0.29, 0.717) is 0 Å². The maximum Gasteiger partial charge on any atom is -0.0445 e. The standard InChI is InChI=1S/C8H16.2C4H8/c1-2-4-6-8-7-5-3-1;2*1-4(2)3/h1-8H2;2*1H2,2-3H3. The molecule has 0 aromatic rings. The smallest absolute Gasteiger partial charge is 0.0445 e.